The highest BCUT2D eigenvalue weighted by Crippen LogP contribution is 2.31. The van der Waals surface area contributed by atoms with Crippen molar-refractivity contribution in [2.24, 2.45) is 0 Å². The summed E-state index contributed by atoms with van der Waals surface area (Å²) >= 11 is 3.01. The largest absolute Gasteiger partial charge is 0.372 e. The summed E-state index contributed by atoms with van der Waals surface area (Å²) < 4.78 is 73.8. The highest BCUT2D eigenvalue weighted by molar-refractivity contribution is 9.10. The zero-order valence-electron chi connectivity index (χ0n) is 15.7. The van der Waals surface area contributed by atoms with Crippen molar-refractivity contribution in [1.82, 2.24) is 9.71 Å². The highest BCUT2D eigenvalue weighted by Gasteiger charge is 2.39. The zero-order valence-corrected chi connectivity index (χ0v) is 18.1. The first-order valence-electron chi connectivity index (χ1n) is 8.27. The molecule has 1 N–H and O–H groups in total. The van der Waals surface area contributed by atoms with Crippen LogP contribution < -0.4 is 4.72 Å². The molecular formula is C17H14BrF3N4O5S. The minimum atomic E-state index is -4.67. The fourth-order valence-corrected chi connectivity index (χ4v) is 4.48. The summed E-state index contributed by atoms with van der Waals surface area (Å²) in [6.45, 7) is -1.09. The second kappa shape index (κ2) is 9.27. The summed E-state index contributed by atoms with van der Waals surface area (Å²) in [4.78, 5) is 13.2. The molecule has 0 aliphatic rings. The Kier molecular flexibility index (Phi) is 7.37. The van der Waals surface area contributed by atoms with Gasteiger partial charge in [0.25, 0.3) is 5.69 Å². The lowest BCUT2D eigenvalue weighted by atomic mass is 9.95. The lowest BCUT2D eigenvalue weighted by molar-refractivity contribution is -0.387. The normalized spacial score (nSPS) is 13.9. The van der Waals surface area contributed by atoms with Crippen LogP contribution in [0, 0.1) is 27.3 Å². The van der Waals surface area contributed by atoms with Crippen LogP contribution in [0.4, 0.5) is 18.9 Å². The number of aromatic nitrogens is 1. The molecule has 0 saturated heterocycles. The summed E-state index contributed by atoms with van der Waals surface area (Å²) in [6.07, 6.45) is 0.765. The SMILES string of the molecule is CC(COCC(F)(F)C#N)(NS(=O)(=O)c1ccccc1[N+](=O)[O-])c1cc(Br)ncc1F. The molecular weight excluding hydrogens is 509 g/mol. The van der Waals surface area contributed by atoms with E-state index in [4.69, 9.17) is 10.00 Å². The first-order chi connectivity index (χ1) is 14.3. The number of hydrogen-bond acceptors (Lipinski definition) is 7. The molecule has 1 unspecified atom stereocenters. The van der Waals surface area contributed by atoms with Gasteiger partial charge >= 0.3 is 5.92 Å². The third-order valence-electron chi connectivity index (χ3n) is 3.97. The monoisotopic (exact) mass is 522 g/mol. The minimum Gasteiger partial charge on any atom is -0.372 e. The molecule has 14 heteroatoms. The number of hydrogen-bond donors (Lipinski definition) is 1. The lowest BCUT2D eigenvalue weighted by Gasteiger charge is -2.31. The Labute approximate surface area is 183 Å². The van der Waals surface area contributed by atoms with E-state index in [0.717, 1.165) is 37.4 Å². The Morgan fingerprint density at radius 3 is 2.61 bits per heavy atom. The van der Waals surface area contributed by atoms with Gasteiger partial charge in [-0.1, -0.05) is 12.1 Å². The van der Waals surface area contributed by atoms with Crippen molar-refractivity contribution in [3.05, 3.63) is 62.6 Å². The number of nitrogens with one attached hydrogen (secondary N) is 1. The smallest absolute Gasteiger partial charge is 0.354 e. The number of nitro benzene ring substituents is 1. The molecule has 0 saturated carbocycles. The number of nitrogens with zero attached hydrogens (tertiary/aromatic N) is 3. The number of alkyl halides is 2. The maximum Gasteiger partial charge on any atom is 0.354 e. The van der Waals surface area contributed by atoms with Crippen LogP contribution >= 0.6 is 15.9 Å². The van der Waals surface area contributed by atoms with Gasteiger partial charge in [-0.2, -0.15) is 18.8 Å². The van der Waals surface area contributed by atoms with Gasteiger partial charge in [0, 0.05) is 11.6 Å². The van der Waals surface area contributed by atoms with Crippen LogP contribution in [-0.4, -0.2) is 37.5 Å². The molecule has 0 spiro atoms. The first kappa shape index (κ1) is 24.7. The van der Waals surface area contributed by atoms with E-state index in [1.165, 1.54) is 12.1 Å². The molecule has 31 heavy (non-hydrogen) atoms. The fraction of sp³-hybridized carbons (Fsp3) is 0.294. The van der Waals surface area contributed by atoms with Crippen LogP contribution in [0.1, 0.15) is 12.5 Å². The number of ether oxygens (including phenoxy) is 1. The van der Waals surface area contributed by atoms with Gasteiger partial charge in [-0.05, 0) is 35.0 Å². The molecule has 1 atom stereocenters. The molecule has 0 bridgehead atoms. The van der Waals surface area contributed by atoms with E-state index in [2.05, 4.69) is 25.6 Å². The third kappa shape index (κ3) is 5.97. The zero-order chi connectivity index (χ0) is 23.4. The molecule has 0 amide bonds. The average molecular weight is 523 g/mol. The molecule has 166 valence electrons. The summed E-state index contributed by atoms with van der Waals surface area (Å²) in [6, 6.07) is 6.23. The van der Waals surface area contributed by atoms with Crippen molar-refractivity contribution in [1.29, 1.82) is 5.26 Å². The van der Waals surface area contributed by atoms with Crippen molar-refractivity contribution in [2.75, 3.05) is 13.2 Å². The number of nitriles is 1. The molecule has 2 aromatic rings. The van der Waals surface area contributed by atoms with Gasteiger partial charge in [0.2, 0.25) is 10.0 Å². The van der Waals surface area contributed by atoms with Gasteiger partial charge in [0.1, 0.15) is 23.1 Å². The second-order valence-electron chi connectivity index (χ2n) is 6.46. The number of sulfonamides is 1. The molecule has 0 aliphatic heterocycles. The fourth-order valence-electron chi connectivity index (χ4n) is 2.60. The van der Waals surface area contributed by atoms with Gasteiger partial charge in [-0.15, -0.1) is 0 Å². The van der Waals surface area contributed by atoms with Gasteiger partial charge in [-0.3, -0.25) is 10.1 Å². The van der Waals surface area contributed by atoms with Crippen molar-refractivity contribution in [2.45, 2.75) is 23.3 Å². The number of nitro groups is 1. The average Bonchev–Trinajstić information content (AvgIpc) is 2.69. The number of pyridine rings is 1. The maximum atomic E-state index is 14.5. The molecule has 1 aromatic heterocycles. The number of halogens is 4. The number of benzene rings is 1. The predicted molar refractivity (Wildman–Crippen MR) is 104 cm³/mol. The van der Waals surface area contributed by atoms with Gasteiger partial charge < -0.3 is 4.74 Å². The number of rotatable bonds is 9. The highest BCUT2D eigenvalue weighted by atomic mass is 79.9. The van der Waals surface area contributed by atoms with Gasteiger partial charge in [0.15, 0.2) is 4.90 Å². The Bertz CT molecular complexity index is 1140. The maximum absolute atomic E-state index is 14.5. The van der Waals surface area contributed by atoms with Gasteiger partial charge in [0.05, 0.1) is 23.3 Å². The molecule has 2 rings (SSSR count). The molecule has 0 fully saturated rings. The summed E-state index contributed by atoms with van der Waals surface area (Å²) in [5.74, 6) is -4.86. The van der Waals surface area contributed by atoms with Crippen LogP contribution in [-0.2, 0) is 20.3 Å². The predicted octanol–water partition coefficient (Wildman–Crippen LogP) is 3.26. The number of para-hydroxylation sites is 1. The Morgan fingerprint density at radius 1 is 1.35 bits per heavy atom. The molecule has 0 radical (unpaired) electrons. The topological polar surface area (TPSA) is 135 Å². The van der Waals surface area contributed by atoms with E-state index in [9.17, 15) is 31.7 Å². The summed E-state index contributed by atoms with van der Waals surface area (Å²) in [5, 5.41) is 19.6. The van der Waals surface area contributed by atoms with Crippen LogP contribution in [0.5, 0.6) is 0 Å². The van der Waals surface area contributed by atoms with Gasteiger partial charge in [-0.25, -0.2) is 17.8 Å². The molecule has 1 heterocycles. The first-order valence-corrected chi connectivity index (χ1v) is 10.5. The van der Waals surface area contributed by atoms with E-state index in [1.807, 2.05) is 0 Å². The summed E-state index contributed by atoms with van der Waals surface area (Å²) in [7, 11) is -4.67. The van der Waals surface area contributed by atoms with Crippen molar-refractivity contribution < 1.29 is 31.2 Å². The van der Waals surface area contributed by atoms with E-state index < -0.39 is 56.0 Å². The minimum absolute atomic E-state index is 0.0994. The van der Waals surface area contributed by atoms with E-state index in [0.29, 0.717) is 0 Å². The van der Waals surface area contributed by atoms with Crippen LogP contribution in [0.3, 0.4) is 0 Å². The second-order valence-corrected chi connectivity index (χ2v) is 8.92. The van der Waals surface area contributed by atoms with Crippen LogP contribution in [0.25, 0.3) is 0 Å². The third-order valence-corrected chi connectivity index (χ3v) is 6.04. The van der Waals surface area contributed by atoms with E-state index in [-0.39, 0.29) is 10.2 Å². The standard InChI is InChI=1S/C17H14BrF3N4O5S/c1-16(9-30-10-17(20,21)8-22,11-6-15(18)23-7-12(11)19)24-31(28,29)14-5-3-2-4-13(14)25(26)27/h2-7,24H,9-10H2,1H3. The van der Waals surface area contributed by atoms with Crippen LogP contribution in [0.15, 0.2) is 46.0 Å². The van der Waals surface area contributed by atoms with Crippen molar-refractivity contribution in [3.63, 3.8) is 0 Å². The Hall–Kier alpha value is -2.60. The van der Waals surface area contributed by atoms with Crippen molar-refractivity contribution in [3.8, 4) is 6.07 Å². The Balaban J connectivity index is 2.52. The Morgan fingerprint density at radius 2 is 2.00 bits per heavy atom. The quantitative estimate of drug-likeness (QED) is 0.303. The van der Waals surface area contributed by atoms with Crippen molar-refractivity contribution >= 4 is 31.6 Å². The molecule has 0 aliphatic carbocycles. The van der Waals surface area contributed by atoms with E-state index in [1.54, 1.807) is 0 Å². The summed E-state index contributed by atoms with van der Waals surface area (Å²) in [5.41, 5.74) is -3.09. The van der Waals surface area contributed by atoms with E-state index >= 15 is 0 Å². The molecule has 9 nitrogen and oxygen atoms in total. The van der Waals surface area contributed by atoms with Crippen LogP contribution in [0.2, 0.25) is 0 Å². The molecule has 1 aromatic carbocycles. The lowest BCUT2D eigenvalue weighted by Crippen LogP contribution is -2.48.